The Hall–Kier alpha value is -0.580. The normalized spacial score (nSPS) is 11.3. The first-order valence-electron chi connectivity index (χ1n) is 1.29. The lowest BCUT2D eigenvalue weighted by Crippen LogP contribution is -2.03. The maximum Gasteiger partial charge on any atom is 0.365 e. The molecule has 0 fully saturated rings. The van der Waals surface area contributed by atoms with Gasteiger partial charge < -0.3 is 10.3 Å². The first-order valence-corrected chi connectivity index (χ1v) is 2.08. The first-order chi connectivity index (χ1) is 3.18. The molecule has 0 aliphatic heterocycles. The number of rotatable bonds is 1. The highest BCUT2D eigenvalue weighted by Gasteiger charge is 2.01. The Morgan fingerprint density at radius 2 is 2.14 bits per heavy atom. The van der Waals surface area contributed by atoms with Crippen molar-refractivity contribution in [1.82, 2.24) is 0 Å². The van der Waals surface area contributed by atoms with E-state index < -0.39 is 10.6 Å². The lowest BCUT2D eigenvalue weighted by Gasteiger charge is -1.78. The molecule has 0 unspecified atom stereocenters. The molecule has 0 aromatic heterocycles. The van der Waals surface area contributed by atoms with Gasteiger partial charge in [0.1, 0.15) is 0 Å². The van der Waals surface area contributed by atoms with Gasteiger partial charge in [0, 0.05) is 0 Å². The van der Waals surface area contributed by atoms with Crippen LogP contribution in [-0.4, -0.2) is 20.9 Å². The molecular formula is C2H2BrNO3. The van der Waals surface area contributed by atoms with Crippen LogP contribution in [0.15, 0.2) is 5.16 Å². The summed E-state index contributed by atoms with van der Waals surface area (Å²) in [6, 6.07) is 0. The summed E-state index contributed by atoms with van der Waals surface area (Å²) in [6.45, 7) is 0. The van der Waals surface area contributed by atoms with Crippen molar-refractivity contribution in [3.05, 3.63) is 0 Å². The largest absolute Gasteiger partial charge is 0.476 e. The van der Waals surface area contributed by atoms with Gasteiger partial charge in [-0.15, -0.1) is 0 Å². The maximum atomic E-state index is 9.59. The molecule has 0 radical (unpaired) electrons. The Morgan fingerprint density at radius 3 is 2.14 bits per heavy atom. The van der Waals surface area contributed by atoms with Crippen LogP contribution in [0.3, 0.4) is 0 Å². The third-order valence-corrected chi connectivity index (χ3v) is 0.762. The summed E-state index contributed by atoms with van der Waals surface area (Å²) in [6.07, 6.45) is 0. The number of oxime groups is 1. The lowest BCUT2D eigenvalue weighted by atomic mass is 10.8. The van der Waals surface area contributed by atoms with Gasteiger partial charge in [-0.2, -0.15) is 0 Å². The third-order valence-electron chi connectivity index (χ3n) is 0.264. The Balaban J connectivity index is 3.82. The number of nitrogens with zero attached hydrogens (tertiary/aromatic N) is 1. The van der Waals surface area contributed by atoms with Gasteiger partial charge in [0.2, 0.25) is 4.62 Å². The van der Waals surface area contributed by atoms with E-state index in [0.717, 1.165) is 0 Å². The molecule has 0 heterocycles. The summed E-state index contributed by atoms with van der Waals surface area (Å²) < 4.78 is -0.493. The molecule has 0 aromatic carbocycles. The molecule has 0 saturated carbocycles. The molecule has 7 heavy (non-hydrogen) atoms. The van der Waals surface area contributed by atoms with E-state index in [1.54, 1.807) is 0 Å². The van der Waals surface area contributed by atoms with E-state index in [-0.39, 0.29) is 0 Å². The number of carbonyl (C=O) groups is 1. The van der Waals surface area contributed by atoms with Crippen molar-refractivity contribution < 1.29 is 15.1 Å². The predicted octanol–water partition coefficient (Wildman–Crippen LogP) is 0.254. The van der Waals surface area contributed by atoms with Gasteiger partial charge in [0.15, 0.2) is 0 Å². The summed E-state index contributed by atoms with van der Waals surface area (Å²) in [7, 11) is 0. The van der Waals surface area contributed by atoms with Gasteiger partial charge >= 0.3 is 5.97 Å². The van der Waals surface area contributed by atoms with Crippen LogP contribution in [0.2, 0.25) is 0 Å². The lowest BCUT2D eigenvalue weighted by molar-refractivity contribution is -0.129. The van der Waals surface area contributed by atoms with Gasteiger partial charge in [0.25, 0.3) is 0 Å². The first kappa shape index (κ1) is 6.42. The van der Waals surface area contributed by atoms with Crippen LogP contribution in [0.5, 0.6) is 0 Å². The molecule has 4 nitrogen and oxygen atoms in total. The second-order valence-corrected chi connectivity index (χ2v) is 1.45. The van der Waals surface area contributed by atoms with E-state index in [4.69, 9.17) is 10.3 Å². The van der Waals surface area contributed by atoms with E-state index in [2.05, 4.69) is 21.1 Å². The fourth-order valence-electron chi connectivity index (χ4n) is 0.0428. The van der Waals surface area contributed by atoms with Crippen molar-refractivity contribution in [3.8, 4) is 0 Å². The number of carboxylic acids is 1. The molecule has 0 bridgehead atoms. The molecule has 5 heteroatoms. The molecule has 0 amide bonds. The standard InChI is InChI=1S/C2H2BrNO3/c3-1(4-7)2(5)6/h7H,(H,5,6). The van der Waals surface area contributed by atoms with Crippen molar-refractivity contribution in [2.45, 2.75) is 0 Å². The number of halogens is 1. The van der Waals surface area contributed by atoms with Crippen molar-refractivity contribution >= 4 is 26.5 Å². The van der Waals surface area contributed by atoms with Crippen LogP contribution in [0, 0.1) is 0 Å². The number of aliphatic carboxylic acids is 1. The van der Waals surface area contributed by atoms with Gasteiger partial charge in [-0.3, -0.25) is 0 Å². The highest BCUT2D eigenvalue weighted by atomic mass is 79.9. The summed E-state index contributed by atoms with van der Waals surface area (Å²) in [5, 5.41) is 17.8. The van der Waals surface area contributed by atoms with E-state index in [1.165, 1.54) is 0 Å². The zero-order chi connectivity index (χ0) is 5.86. The third kappa shape index (κ3) is 2.16. The Morgan fingerprint density at radius 1 is 1.71 bits per heavy atom. The topological polar surface area (TPSA) is 69.9 Å². The predicted molar refractivity (Wildman–Crippen MR) is 25.8 cm³/mol. The van der Waals surface area contributed by atoms with Gasteiger partial charge in [-0.25, -0.2) is 4.79 Å². The molecule has 0 rings (SSSR count). The second kappa shape index (κ2) is 2.57. The van der Waals surface area contributed by atoms with Crippen molar-refractivity contribution in [3.63, 3.8) is 0 Å². The second-order valence-electron chi connectivity index (χ2n) is 0.696. The summed E-state index contributed by atoms with van der Waals surface area (Å²) >= 11 is 2.44. The van der Waals surface area contributed by atoms with Crippen LogP contribution in [0.4, 0.5) is 0 Å². The molecule has 0 aromatic rings. The highest BCUT2D eigenvalue weighted by molar-refractivity contribution is 9.19. The molecule has 2 N–H and O–H groups in total. The molecule has 0 saturated heterocycles. The minimum absolute atomic E-state index is 0.493. The fourth-order valence-corrected chi connectivity index (χ4v) is 0.0428. The number of hydrogen-bond donors (Lipinski definition) is 2. The Labute approximate surface area is 47.6 Å². The zero-order valence-electron chi connectivity index (χ0n) is 3.13. The minimum atomic E-state index is -1.29. The summed E-state index contributed by atoms with van der Waals surface area (Å²) in [5.74, 6) is -1.29. The SMILES string of the molecule is O=C(O)C(Br)=NO. The number of carboxylic acid groups (broad SMARTS) is 1. The van der Waals surface area contributed by atoms with Gasteiger partial charge in [0.05, 0.1) is 0 Å². The molecule has 0 spiro atoms. The van der Waals surface area contributed by atoms with Crippen LogP contribution >= 0.6 is 15.9 Å². The van der Waals surface area contributed by atoms with Crippen molar-refractivity contribution in [1.29, 1.82) is 0 Å². The van der Waals surface area contributed by atoms with E-state index in [9.17, 15) is 4.79 Å². The monoisotopic (exact) mass is 167 g/mol. The summed E-state index contributed by atoms with van der Waals surface area (Å²) in [5.41, 5.74) is 0. The highest BCUT2D eigenvalue weighted by Crippen LogP contribution is 1.85. The van der Waals surface area contributed by atoms with Gasteiger partial charge in [-0.05, 0) is 15.9 Å². The van der Waals surface area contributed by atoms with Crippen LogP contribution < -0.4 is 0 Å². The van der Waals surface area contributed by atoms with Crippen LogP contribution in [-0.2, 0) is 4.79 Å². The average molecular weight is 168 g/mol. The fraction of sp³-hybridized carbons (Fsp3) is 0. The summed E-state index contributed by atoms with van der Waals surface area (Å²) in [4.78, 5) is 9.59. The molecule has 40 valence electrons. The van der Waals surface area contributed by atoms with Crippen LogP contribution in [0.1, 0.15) is 0 Å². The number of hydrogen-bond acceptors (Lipinski definition) is 3. The molecule has 0 aliphatic carbocycles. The van der Waals surface area contributed by atoms with E-state index >= 15 is 0 Å². The average Bonchev–Trinajstić information content (AvgIpc) is 1.65. The molecule has 0 atom stereocenters. The Bertz CT molecular complexity index is 110. The van der Waals surface area contributed by atoms with E-state index in [0.29, 0.717) is 0 Å². The zero-order valence-corrected chi connectivity index (χ0v) is 4.71. The maximum absolute atomic E-state index is 9.59. The van der Waals surface area contributed by atoms with Crippen molar-refractivity contribution in [2.75, 3.05) is 0 Å². The smallest absolute Gasteiger partial charge is 0.365 e. The minimum Gasteiger partial charge on any atom is -0.476 e. The Kier molecular flexibility index (Phi) is 2.36. The quantitative estimate of drug-likeness (QED) is 0.335. The molecule has 0 aliphatic rings. The van der Waals surface area contributed by atoms with Gasteiger partial charge in [-0.1, -0.05) is 5.16 Å². The van der Waals surface area contributed by atoms with Crippen LogP contribution in [0.25, 0.3) is 0 Å². The van der Waals surface area contributed by atoms with Crippen molar-refractivity contribution in [2.24, 2.45) is 5.16 Å². The van der Waals surface area contributed by atoms with E-state index in [1.807, 2.05) is 0 Å². The molecular weight excluding hydrogens is 166 g/mol.